The molecule has 5 atom stereocenters. The first-order valence-electron chi connectivity index (χ1n) is 13.7. The maximum Gasteiger partial charge on any atom is 0.307 e. The van der Waals surface area contributed by atoms with Gasteiger partial charge in [-0.15, -0.1) is 0 Å². The molecule has 0 spiro atoms. The Morgan fingerprint density at radius 1 is 1.06 bits per heavy atom. The van der Waals surface area contributed by atoms with E-state index in [-0.39, 0.29) is 24.1 Å². The fourth-order valence-electron chi connectivity index (χ4n) is 4.91. The van der Waals surface area contributed by atoms with E-state index < -0.39 is 6.29 Å². The van der Waals surface area contributed by atoms with Gasteiger partial charge in [-0.3, -0.25) is 4.79 Å². The van der Waals surface area contributed by atoms with E-state index in [9.17, 15) is 9.90 Å². The first-order valence-corrected chi connectivity index (χ1v) is 13.7. The van der Waals surface area contributed by atoms with Crippen LogP contribution in [0.15, 0.2) is 12.2 Å². The smallest absolute Gasteiger partial charge is 0.307 e. The topological polar surface area (TPSA) is 59.0 Å². The van der Waals surface area contributed by atoms with Crippen LogP contribution in [0, 0.1) is 11.8 Å². The number of rotatable bonds is 19. The summed E-state index contributed by atoms with van der Waals surface area (Å²) in [4.78, 5) is 14.3. The number of esters is 1. The molecule has 0 aliphatic heterocycles. The summed E-state index contributed by atoms with van der Waals surface area (Å²) in [7, 11) is 3.93. The fraction of sp³-hybridized carbons (Fsp3) is 0.893. The third-order valence-electron chi connectivity index (χ3n) is 6.95. The zero-order chi connectivity index (χ0) is 24.5. The van der Waals surface area contributed by atoms with E-state index in [0.29, 0.717) is 25.3 Å². The highest BCUT2D eigenvalue weighted by Crippen LogP contribution is 2.40. The number of carbonyl (C=O) groups is 1. The third-order valence-corrected chi connectivity index (χ3v) is 6.95. The van der Waals surface area contributed by atoms with E-state index in [1.54, 1.807) is 0 Å². The van der Waals surface area contributed by atoms with Gasteiger partial charge in [0, 0.05) is 18.9 Å². The predicted octanol–water partition coefficient (Wildman–Crippen LogP) is 6.49. The maximum atomic E-state index is 12.3. The van der Waals surface area contributed by atoms with Crippen LogP contribution in [0.5, 0.6) is 0 Å². The van der Waals surface area contributed by atoms with Gasteiger partial charge < -0.3 is 19.5 Å². The average molecular weight is 468 g/mol. The van der Waals surface area contributed by atoms with Crippen LogP contribution in [0.3, 0.4) is 0 Å². The van der Waals surface area contributed by atoms with Gasteiger partial charge in [0.05, 0.1) is 12.5 Å². The first kappa shape index (κ1) is 30.1. The average Bonchev–Trinajstić information content (AvgIpc) is 3.14. The Morgan fingerprint density at radius 2 is 1.79 bits per heavy atom. The van der Waals surface area contributed by atoms with Gasteiger partial charge in [-0.25, -0.2) is 0 Å². The quantitative estimate of drug-likeness (QED) is 0.102. The number of hydrogen-bond acceptors (Lipinski definition) is 5. The van der Waals surface area contributed by atoms with Gasteiger partial charge in [0.1, 0.15) is 6.10 Å². The molecule has 0 amide bonds. The van der Waals surface area contributed by atoms with Crippen LogP contribution in [0.1, 0.15) is 111 Å². The minimum Gasteiger partial charge on any atom is -0.462 e. The maximum absolute atomic E-state index is 12.3. The minimum absolute atomic E-state index is 0.0524. The van der Waals surface area contributed by atoms with Crippen LogP contribution in [-0.4, -0.2) is 55.1 Å². The molecule has 1 aliphatic rings. The molecule has 0 bridgehead atoms. The molecule has 1 rings (SSSR count). The van der Waals surface area contributed by atoms with Crippen LogP contribution >= 0.6 is 0 Å². The van der Waals surface area contributed by atoms with Gasteiger partial charge in [0.2, 0.25) is 0 Å². The van der Waals surface area contributed by atoms with Crippen molar-refractivity contribution in [3.05, 3.63) is 12.2 Å². The molecule has 0 aromatic rings. The number of unbranched alkanes of at least 4 members (excludes halogenated alkanes) is 5. The summed E-state index contributed by atoms with van der Waals surface area (Å²) in [5.74, 6) is 0.466. The highest BCUT2D eigenvalue weighted by molar-refractivity contribution is 5.69. The fourth-order valence-corrected chi connectivity index (χ4v) is 4.91. The summed E-state index contributed by atoms with van der Waals surface area (Å²) < 4.78 is 12.0. The number of ether oxygens (including phenoxy) is 2. The Bertz CT molecular complexity index is 522. The Hall–Kier alpha value is -0.910. The number of carbonyl (C=O) groups excluding carboxylic acids is 1. The van der Waals surface area contributed by atoms with E-state index in [1.165, 1.54) is 38.5 Å². The number of allylic oxidation sites excluding steroid dienone is 2. The molecule has 0 saturated heterocycles. The highest BCUT2D eigenvalue weighted by Gasteiger charge is 2.38. The Balaban J connectivity index is 2.54. The Morgan fingerprint density at radius 3 is 2.45 bits per heavy atom. The number of nitrogens with zero attached hydrogens (tertiary/aromatic N) is 1. The standard InChI is InChI=1S/C28H53NO4/c1-6-9-11-12-13-15-16-24(8-3)32-28(31)22-23-18-19-26(25(23)17-14-10-7-2)33-27(30)20-21-29(4)5/h10,14,23-26,28,31H,6-9,11-13,15-22H2,1-5H3/b14-10-. The predicted molar refractivity (Wildman–Crippen MR) is 137 cm³/mol. The largest absolute Gasteiger partial charge is 0.462 e. The van der Waals surface area contributed by atoms with Crippen LogP contribution in [0.2, 0.25) is 0 Å². The molecule has 1 aliphatic carbocycles. The van der Waals surface area contributed by atoms with Crippen molar-refractivity contribution in [2.24, 2.45) is 11.8 Å². The van der Waals surface area contributed by atoms with Gasteiger partial charge in [0.25, 0.3) is 0 Å². The van der Waals surface area contributed by atoms with Crippen molar-refractivity contribution in [3.63, 3.8) is 0 Å². The van der Waals surface area contributed by atoms with Crippen molar-refractivity contribution in [3.8, 4) is 0 Å². The lowest BCUT2D eigenvalue weighted by atomic mass is 9.88. The van der Waals surface area contributed by atoms with Crippen molar-refractivity contribution >= 4 is 5.97 Å². The zero-order valence-corrected chi connectivity index (χ0v) is 22.3. The molecule has 194 valence electrons. The summed E-state index contributed by atoms with van der Waals surface area (Å²) in [5.41, 5.74) is 0. The van der Waals surface area contributed by atoms with E-state index in [1.807, 2.05) is 19.0 Å². The van der Waals surface area contributed by atoms with E-state index in [4.69, 9.17) is 9.47 Å². The van der Waals surface area contributed by atoms with Gasteiger partial charge in [-0.1, -0.05) is 71.4 Å². The van der Waals surface area contributed by atoms with Gasteiger partial charge in [0.15, 0.2) is 6.29 Å². The molecule has 0 aromatic heterocycles. The van der Waals surface area contributed by atoms with Gasteiger partial charge >= 0.3 is 5.97 Å². The Labute approximate surface area is 204 Å². The number of aliphatic hydroxyl groups excluding tert-OH is 1. The van der Waals surface area contributed by atoms with E-state index in [2.05, 4.69) is 32.9 Å². The molecule has 0 heterocycles. The molecule has 1 fully saturated rings. The zero-order valence-electron chi connectivity index (χ0n) is 22.3. The second kappa shape index (κ2) is 18.4. The van der Waals surface area contributed by atoms with Crippen molar-refractivity contribution in [1.82, 2.24) is 4.90 Å². The molecular weight excluding hydrogens is 414 g/mol. The Kier molecular flexibility index (Phi) is 16.8. The summed E-state index contributed by atoms with van der Waals surface area (Å²) in [6.45, 7) is 7.23. The number of aliphatic hydroxyl groups is 1. The van der Waals surface area contributed by atoms with Gasteiger partial charge in [-0.05, 0) is 58.5 Å². The molecule has 0 aromatic carbocycles. The van der Waals surface area contributed by atoms with Crippen molar-refractivity contribution in [2.45, 2.75) is 129 Å². The normalized spacial score (nSPS) is 22.8. The number of hydrogen-bond donors (Lipinski definition) is 1. The SMILES string of the molecule is CC/C=C\CC1C(CC(O)OC(CC)CCCCCCCC)CCC1OC(=O)CCN(C)C. The summed E-state index contributed by atoms with van der Waals surface area (Å²) in [6.07, 6.45) is 18.2. The second-order valence-electron chi connectivity index (χ2n) is 10.1. The highest BCUT2D eigenvalue weighted by atomic mass is 16.6. The van der Waals surface area contributed by atoms with Crippen LogP contribution in [0.25, 0.3) is 0 Å². The van der Waals surface area contributed by atoms with Crippen molar-refractivity contribution in [2.75, 3.05) is 20.6 Å². The van der Waals surface area contributed by atoms with Crippen LogP contribution < -0.4 is 0 Å². The lowest BCUT2D eigenvalue weighted by molar-refractivity contribution is -0.155. The van der Waals surface area contributed by atoms with Crippen LogP contribution in [0.4, 0.5) is 0 Å². The summed E-state index contributed by atoms with van der Waals surface area (Å²) in [5, 5.41) is 10.7. The molecule has 5 nitrogen and oxygen atoms in total. The molecule has 33 heavy (non-hydrogen) atoms. The molecular formula is C28H53NO4. The second-order valence-corrected chi connectivity index (χ2v) is 10.1. The monoisotopic (exact) mass is 467 g/mol. The third kappa shape index (κ3) is 13.5. The summed E-state index contributed by atoms with van der Waals surface area (Å²) in [6, 6.07) is 0. The molecule has 0 radical (unpaired) electrons. The van der Waals surface area contributed by atoms with Crippen molar-refractivity contribution < 1.29 is 19.4 Å². The van der Waals surface area contributed by atoms with E-state index >= 15 is 0 Å². The van der Waals surface area contributed by atoms with Gasteiger partial charge in [-0.2, -0.15) is 0 Å². The molecule has 5 heteroatoms. The molecule has 1 saturated carbocycles. The minimum atomic E-state index is -0.735. The summed E-state index contributed by atoms with van der Waals surface area (Å²) >= 11 is 0. The first-order chi connectivity index (χ1) is 15.9. The van der Waals surface area contributed by atoms with Crippen LogP contribution in [-0.2, 0) is 14.3 Å². The molecule has 5 unspecified atom stereocenters. The lowest BCUT2D eigenvalue weighted by Crippen LogP contribution is -2.29. The van der Waals surface area contributed by atoms with Crippen molar-refractivity contribution in [1.29, 1.82) is 0 Å². The van der Waals surface area contributed by atoms with E-state index in [0.717, 1.165) is 38.5 Å². The lowest BCUT2D eigenvalue weighted by Gasteiger charge is -2.27. The molecule has 1 N–H and O–H groups in total.